The van der Waals surface area contributed by atoms with Crippen LogP contribution in [0.2, 0.25) is 0 Å². The van der Waals surface area contributed by atoms with Crippen LogP contribution in [0.4, 0.5) is 0 Å². The highest BCUT2D eigenvalue weighted by Gasteiger charge is 2.38. The normalized spacial score (nSPS) is 19.9. The molecule has 158 valence electrons. The first kappa shape index (κ1) is 19.7. The third-order valence-electron chi connectivity index (χ3n) is 6.82. The Bertz CT molecular complexity index is 1010. The molecule has 30 heavy (non-hydrogen) atoms. The molecule has 0 N–H and O–H groups in total. The number of fused-ring (bicyclic) bond motifs is 1. The summed E-state index contributed by atoms with van der Waals surface area (Å²) < 4.78 is 7.91. The highest BCUT2D eigenvalue weighted by atomic mass is 32.1. The van der Waals surface area contributed by atoms with E-state index in [9.17, 15) is 0 Å². The molecule has 7 heteroatoms. The molecule has 0 saturated heterocycles. The zero-order valence-corrected chi connectivity index (χ0v) is 18.6. The number of benzene rings is 1. The number of aromatic nitrogens is 4. The Kier molecular flexibility index (Phi) is 5.33. The number of hydrogen-bond donors (Lipinski definition) is 0. The van der Waals surface area contributed by atoms with Gasteiger partial charge in [0, 0.05) is 23.5 Å². The van der Waals surface area contributed by atoms with Gasteiger partial charge in [-0.25, -0.2) is 4.68 Å². The Hall–Kier alpha value is -2.25. The van der Waals surface area contributed by atoms with Crippen molar-refractivity contribution in [2.45, 2.75) is 63.6 Å². The van der Waals surface area contributed by atoms with Gasteiger partial charge in [0.15, 0.2) is 5.82 Å². The van der Waals surface area contributed by atoms with E-state index in [1.165, 1.54) is 29.7 Å². The number of thiophene rings is 1. The van der Waals surface area contributed by atoms with Gasteiger partial charge in [-0.1, -0.05) is 37.5 Å². The van der Waals surface area contributed by atoms with E-state index in [-0.39, 0.29) is 11.6 Å². The van der Waals surface area contributed by atoms with Crippen molar-refractivity contribution in [2.24, 2.45) is 0 Å². The summed E-state index contributed by atoms with van der Waals surface area (Å²) in [6.45, 7) is 4.21. The van der Waals surface area contributed by atoms with Crippen molar-refractivity contribution in [2.75, 3.05) is 13.7 Å². The number of methoxy groups -OCH3 is 1. The van der Waals surface area contributed by atoms with E-state index in [1.54, 1.807) is 7.11 Å². The molecule has 2 aliphatic rings. The second kappa shape index (κ2) is 8.12. The lowest BCUT2D eigenvalue weighted by molar-refractivity contribution is 0.154. The first-order chi connectivity index (χ1) is 14.7. The molecular weight excluding hydrogens is 394 g/mol. The molecule has 1 atom stereocenters. The molecule has 3 heterocycles. The van der Waals surface area contributed by atoms with E-state index in [2.05, 4.69) is 55.6 Å². The molecule has 1 saturated carbocycles. The van der Waals surface area contributed by atoms with E-state index < -0.39 is 0 Å². The maximum Gasteiger partial charge on any atom is 0.173 e. The number of ether oxygens (including phenoxy) is 1. The van der Waals surface area contributed by atoms with Gasteiger partial charge in [-0.3, -0.25) is 4.90 Å². The third kappa shape index (κ3) is 3.44. The van der Waals surface area contributed by atoms with Crippen molar-refractivity contribution < 1.29 is 4.74 Å². The van der Waals surface area contributed by atoms with Gasteiger partial charge in [0.05, 0.1) is 12.6 Å². The van der Waals surface area contributed by atoms with Crippen LogP contribution in [0, 0.1) is 0 Å². The predicted molar refractivity (Wildman–Crippen MR) is 118 cm³/mol. The Balaban J connectivity index is 1.61. The summed E-state index contributed by atoms with van der Waals surface area (Å²) in [5, 5.41) is 15.5. The second-order valence-corrected chi connectivity index (χ2v) is 9.74. The zero-order valence-electron chi connectivity index (χ0n) is 17.8. The fraction of sp³-hybridized carbons (Fsp3) is 0.522. The maximum atomic E-state index is 5.78. The predicted octanol–water partition coefficient (Wildman–Crippen LogP) is 4.57. The molecule has 0 spiro atoms. The first-order valence-electron chi connectivity index (χ1n) is 10.9. The smallest absolute Gasteiger partial charge is 0.173 e. The van der Waals surface area contributed by atoms with Gasteiger partial charge < -0.3 is 4.74 Å². The van der Waals surface area contributed by atoms with E-state index in [0.717, 1.165) is 49.5 Å². The van der Waals surface area contributed by atoms with Crippen molar-refractivity contribution in [1.82, 2.24) is 25.1 Å². The average Bonchev–Trinajstić information content (AvgIpc) is 3.45. The first-order valence-corrected chi connectivity index (χ1v) is 11.8. The Labute approximate surface area is 181 Å². The van der Waals surface area contributed by atoms with Crippen molar-refractivity contribution in [3.8, 4) is 5.75 Å². The van der Waals surface area contributed by atoms with Crippen LogP contribution in [0.15, 0.2) is 35.7 Å². The third-order valence-corrected chi connectivity index (χ3v) is 7.84. The number of rotatable bonds is 5. The second-order valence-electron chi connectivity index (χ2n) is 8.74. The van der Waals surface area contributed by atoms with Crippen molar-refractivity contribution in [3.63, 3.8) is 0 Å². The largest absolute Gasteiger partial charge is 0.496 e. The fourth-order valence-corrected chi connectivity index (χ4v) is 6.05. The lowest BCUT2D eigenvalue weighted by Gasteiger charge is -2.38. The SMILES string of the molecule is COc1ccccc1C(c1nnnn1C1(C)CCCCC1)N1CCc2sccc2C1. The van der Waals surface area contributed by atoms with Crippen LogP contribution in [0.1, 0.15) is 66.9 Å². The number of nitrogens with zero attached hydrogens (tertiary/aromatic N) is 5. The molecular formula is C23H29N5OS. The molecule has 0 bridgehead atoms. The van der Waals surface area contributed by atoms with Crippen LogP contribution < -0.4 is 4.74 Å². The van der Waals surface area contributed by atoms with E-state index in [4.69, 9.17) is 4.74 Å². The van der Waals surface area contributed by atoms with Gasteiger partial charge in [-0.2, -0.15) is 0 Å². The monoisotopic (exact) mass is 423 g/mol. The van der Waals surface area contributed by atoms with Crippen LogP contribution in [-0.2, 0) is 18.5 Å². The van der Waals surface area contributed by atoms with E-state index in [0.29, 0.717) is 0 Å². The molecule has 5 rings (SSSR count). The summed E-state index contributed by atoms with van der Waals surface area (Å²) in [7, 11) is 1.74. The highest BCUT2D eigenvalue weighted by molar-refractivity contribution is 7.10. The van der Waals surface area contributed by atoms with Gasteiger partial charge in [0.2, 0.25) is 0 Å². The lowest BCUT2D eigenvalue weighted by Crippen LogP contribution is -2.40. The number of hydrogen-bond acceptors (Lipinski definition) is 6. The Morgan fingerprint density at radius 2 is 1.97 bits per heavy atom. The summed E-state index contributed by atoms with van der Waals surface area (Å²) in [4.78, 5) is 4.02. The van der Waals surface area contributed by atoms with E-state index in [1.807, 2.05) is 23.5 Å². The minimum atomic E-state index is -0.0389. The molecule has 2 aromatic heterocycles. The van der Waals surface area contributed by atoms with Gasteiger partial charge in [-0.05, 0) is 59.7 Å². The molecule has 1 fully saturated rings. The molecule has 6 nitrogen and oxygen atoms in total. The summed E-state index contributed by atoms with van der Waals surface area (Å²) in [6, 6.07) is 10.5. The fourth-order valence-electron chi connectivity index (χ4n) is 5.16. The lowest BCUT2D eigenvalue weighted by atomic mass is 9.83. The van der Waals surface area contributed by atoms with Crippen molar-refractivity contribution in [3.05, 3.63) is 57.5 Å². The van der Waals surface area contributed by atoms with E-state index >= 15 is 0 Å². The minimum absolute atomic E-state index is 0.0271. The standard InChI is InChI=1S/C23H29N5OS/c1-23(12-6-3-7-13-23)28-22(24-25-26-28)21(18-8-4-5-9-19(18)29-2)27-14-10-20-17(16-27)11-15-30-20/h4-5,8-9,11,15,21H,3,6-7,10,12-14,16H2,1-2H3. The number of tetrazole rings is 1. The van der Waals surface area contributed by atoms with Crippen molar-refractivity contribution in [1.29, 1.82) is 0 Å². The summed E-state index contributed by atoms with van der Waals surface area (Å²) >= 11 is 1.87. The average molecular weight is 424 g/mol. The minimum Gasteiger partial charge on any atom is -0.496 e. The van der Waals surface area contributed by atoms with Crippen LogP contribution in [0.3, 0.4) is 0 Å². The molecule has 1 aromatic carbocycles. The van der Waals surface area contributed by atoms with Crippen LogP contribution in [-0.4, -0.2) is 38.8 Å². The number of para-hydroxylation sites is 1. The van der Waals surface area contributed by atoms with Crippen LogP contribution >= 0.6 is 11.3 Å². The van der Waals surface area contributed by atoms with Gasteiger partial charge in [0.25, 0.3) is 0 Å². The van der Waals surface area contributed by atoms with Gasteiger partial charge in [0.1, 0.15) is 11.8 Å². The maximum absolute atomic E-state index is 5.78. The van der Waals surface area contributed by atoms with Gasteiger partial charge >= 0.3 is 0 Å². The molecule has 1 aliphatic heterocycles. The molecule has 0 amide bonds. The molecule has 0 radical (unpaired) electrons. The molecule has 3 aromatic rings. The molecule has 1 unspecified atom stereocenters. The topological polar surface area (TPSA) is 56.1 Å². The van der Waals surface area contributed by atoms with Crippen LogP contribution in [0.25, 0.3) is 0 Å². The van der Waals surface area contributed by atoms with Crippen LogP contribution in [0.5, 0.6) is 5.75 Å². The quantitative estimate of drug-likeness (QED) is 0.602. The zero-order chi connectivity index (χ0) is 20.6. The Morgan fingerprint density at radius 3 is 2.80 bits per heavy atom. The molecule has 1 aliphatic carbocycles. The summed E-state index contributed by atoms with van der Waals surface area (Å²) in [6.07, 6.45) is 7.08. The summed E-state index contributed by atoms with van der Waals surface area (Å²) in [5.74, 6) is 1.82. The summed E-state index contributed by atoms with van der Waals surface area (Å²) in [5.41, 5.74) is 2.53. The highest BCUT2D eigenvalue weighted by Crippen LogP contribution is 2.41. The van der Waals surface area contributed by atoms with Gasteiger partial charge in [-0.15, -0.1) is 16.4 Å². The van der Waals surface area contributed by atoms with Crippen molar-refractivity contribution >= 4 is 11.3 Å². The Morgan fingerprint density at radius 1 is 1.13 bits per heavy atom.